The Hall–Kier alpha value is -2.13. The lowest BCUT2D eigenvalue weighted by Crippen LogP contribution is -2.37. The summed E-state index contributed by atoms with van der Waals surface area (Å²) in [5.41, 5.74) is 0.437. The number of carbonyl (C=O) groups is 2. The number of nitrogens with zero attached hydrogens (tertiary/aromatic N) is 1. The molecule has 1 fully saturated rings. The second kappa shape index (κ2) is 7.85. The Morgan fingerprint density at radius 2 is 1.74 bits per heavy atom. The van der Waals surface area contributed by atoms with Crippen molar-refractivity contribution >= 4 is 22.2 Å². The lowest BCUT2D eigenvalue weighted by molar-refractivity contribution is 0.0210. The molecule has 1 heterocycles. The number of hydrogen-bond donors (Lipinski definition) is 0. The summed E-state index contributed by atoms with van der Waals surface area (Å²) < 4.78 is 38.2. The monoisotopic (exact) mass is 399 g/mol. The van der Waals surface area contributed by atoms with Crippen molar-refractivity contribution in [3.05, 3.63) is 35.4 Å². The Labute approximate surface area is 159 Å². The Kier molecular flexibility index (Phi) is 6.16. The van der Waals surface area contributed by atoms with Gasteiger partial charge in [-0.1, -0.05) is 12.1 Å². The topological polar surface area (TPSA) is 99.2 Å². The first-order valence-electron chi connectivity index (χ1n) is 8.46. The summed E-state index contributed by atoms with van der Waals surface area (Å²) in [6, 6.07) is 6.17. The third kappa shape index (κ3) is 5.93. The Morgan fingerprint density at radius 1 is 1.15 bits per heavy atom. The van der Waals surface area contributed by atoms with E-state index < -0.39 is 39.9 Å². The van der Waals surface area contributed by atoms with Crippen LogP contribution in [0.4, 0.5) is 4.79 Å². The van der Waals surface area contributed by atoms with E-state index >= 15 is 0 Å². The summed E-state index contributed by atoms with van der Waals surface area (Å²) in [6.45, 7) is 5.36. The van der Waals surface area contributed by atoms with Crippen LogP contribution < -0.4 is 0 Å². The van der Waals surface area contributed by atoms with Crippen molar-refractivity contribution in [1.82, 2.24) is 4.90 Å². The van der Waals surface area contributed by atoms with Gasteiger partial charge in [0.2, 0.25) is 0 Å². The molecule has 1 saturated heterocycles. The molecule has 1 aromatic rings. The maximum absolute atomic E-state index is 12.6. The summed E-state index contributed by atoms with van der Waals surface area (Å²) in [5, 5.41) is 0. The molecule has 0 aliphatic carbocycles. The van der Waals surface area contributed by atoms with Gasteiger partial charge in [0, 0.05) is 6.42 Å². The van der Waals surface area contributed by atoms with E-state index in [1.165, 1.54) is 12.0 Å². The van der Waals surface area contributed by atoms with Gasteiger partial charge in [-0.3, -0.25) is 9.08 Å². The third-order valence-electron chi connectivity index (χ3n) is 3.92. The number of benzene rings is 1. The van der Waals surface area contributed by atoms with E-state index in [0.29, 0.717) is 12.0 Å². The lowest BCUT2D eigenvalue weighted by atomic mass is 10.0. The van der Waals surface area contributed by atoms with Gasteiger partial charge in [-0.05, 0) is 38.5 Å². The number of hydrogen-bond acceptors (Lipinski definition) is 7. The van der Waals surface area contributed by atoms with Crippen molar-refractivity contribution in [2.24, 2.45) is 0 Å². The van der Waals surface area contributed by atoms with Crippen LogP contribution >= 0.6 is 0 Å². The fraction of sp³-hybridized carbons (Fsp3) is 0.556. The predicted molar refractivity (Wildman–Crippen MR) is 97.8 cm³/mol. The van der Waals surface area contributed by atoms with Gasteiger partial charge >= 0.3 is 12.1 Å². The van der Waals surface area contributed by atoms with E-state index in [0.717, 1.165) is 11.8 Å². The third-order valence-corrected chi connectivity index (χ3v) is 4.54. The molecule has 1 aromatic carbocycles. The van der Waals surface area contributed by atoms with E-state index in [9.17, 15) is 18.0 Å². The Morgan fingerprint density at radius 3 is 2.22 bits per heavy atom. The maximum Gasteiger partial charge on any atom is 0.410 e. The van der Waals surface area contributed by atoms with E-state index in [-0.39, 0.29) is 6.54 Å². The number of ether oxygens (including phenoxy) is 2. The molecular weight excluding hydrogens is 374 g/mol. The summed E-state index contributed by atoms with van der Waals surface area (Å²) >= 11 is 0. The van der Waals surface area contributed by atoms with Gasteiger partial charge in [0.1, 0.15) is 5.60 Å². The highest BCUT2D eigenvalue weighted by Crippen LogP contribution is 2.35. The van der Waals surface area contributed by atoms with Gasteiger partial charge in [-0.25, -0.2) is 9.59 Å². The van der Waals surface area contributed by atoms with Gasteiger partial charge < -0.3 is 9.47 Å². The molecule has 8 nitrogen and oxygen atoms in total. The van der Waals surface area contributed by atoms with Gasteiger partial charge in [-0.2, -0.15) is 8.42 Å². The summed E-state index contributed by atoms with van der Waals surface area (Å²) in [7, 11) is -2.36. The predicted octanol–water partition coefficient (Wildman–Crippen LogP) is 2.50. The number of esters is 1. The van der Waals surface area contributed by atoms with Crippen molar-refractivity contribution in [3.8, 4) is 0 Å². The van der Waals surface area contributed by atoms with Gasteiger partial charge in [0.05, 0.1) is 37.6 Å². The molecule has 0 bridgehead atoms. The highest BCUT2D eigenvalue weighted by molar-refractivity contribution is 7.86. The molecule has 0 radical (unpaired) electrons. The molecule has 0 unspecified atom stereocenters. The van der Waals surface area contributed by atoms with E-state index in [1.807, 2.05) is 0 Å². The first-order valence-corrected chi connectivity index (χ1v) is 10.3. The van der Waals surface area contributed by atoms with E-state index in [2.05, 4.69) is 4.74 Å². The highest BCUT2D eigenvalue weighted by Gasteiger charge is 2.40. The van der Waals surface area contributed by atoms with Crippen molar-refractivity contribution < 1.29 is 31.7 Å². The van der Waals surface area contributed by atoms with E-state index in [4.69, 9.17) is 8.92 Å². The van der Waals surface area contributed by atoms with Gasteiger partial charge in [-0.15, -0.1) is 0 Å². The lowest BCUT2D eigenvalue weighted by Gasteiger charge is -2.28. The minimum absolute atomic E-state index is 0.0887. The zero-order chi connectivity index (χ0) is 20.4. The summed E-state index contributed by atoms with van der Waals surface area (Å²) in [4.78, 5) is 25.6. The van der Waals surface area contributed by atoms with Crippen molar-refractivity contribution in [2.45, 2.75) is 44.9 Å². The minimum atomic E-state index is -3.66. The molecule has 0 saturated carbocycles. The zero-order valence-corrected chi connectivity index (χ0v) is 16.9. The number of methoxy groups -OCH3 is 1. The van der Waals surface area contributed by atoms with E-state index in [1.54, 1.807) is 45.0 Å². The van der Waals surface area contributed by atoms with Crippen molar-refractivity contribution in [1.29, 1.82) is 0 Å². The van der Waals surface area contributed by atoms with Crippen LogP contribution in [0, 0.1) is 0 Å². The van der Waals surface area contributed by atoms with Crippen LogP contribution in [-0.2, 0) is 23.8 Å². The van der Waals surface area contributed by atoms with Crippen LogP contribution in [0.2, 0.25) is 0 Å². The molecule has 2 atom stereocenters. The molecule has 0 N–H and O–H groups in total. The second-order valence-electron chi connectivity index (χ2n) is 7.42. The van der Waals surface area contributed by atoms with Crippen LogP contribution in [0.25, 0.3) is 0 Å². The Bertz CT molecular complexity index is 796. The quantitative estimate of drug-likeness (QED) is 0.566. The molecule has 0 aromatic heterocycles. The molecule has 9 heteroatoms. The summed E-state index contributed by atoms with van der Waals surface area (Å²) in [6.07, 6.45) is 0.0506. The fourth-order valence-corrected chi connectivity index (χ4v) is 3.55. The normalized spacial score (nSPS) is 20.4. The van der Waals surface area contributed by atoms with Crippen molar-refractivity contribution in [3.63, 3.8) is 0 Å². The average molecular weight is 399 g/mol. The Balaban J connectivity index is 2.28. The minimum Gasteiger partial charge on any atom is -0.465 e. The van der Waals surface area contributed by atoms with Crippen LogP contribution in [0.15, 0.2) is 24.3 Å². The smallest absolute Gasteiger partial charge is 0.410 e. The SMILES string of the molecule is COC(=O)c1ccc([C@H]2C[C@@H](OS(C)(=O)=O)CN2C(=O)OC(C)(C)C)cc1. The molecular formula is C18H25NO7S. The molecule has 1 aliphatic rings. The standard InChI is InChI=1S/C18H25NO7S/c1-18(2,3)25-17(21)19-11-14(26-27(5,22)23)10-15(19)12-6-8-13(9-7-12)16(20)24-4/h6-9,14-15H,10-11H2,1-5H3/t14-,15-/m1/s1. The fourth-order valence-electron chi connectivity index (χ4n) is 2.91. The van der Waals surface area contributed by atoms with Gasteiger partial charge in [0.25, 0.3) is 10.1 Å². The summed E-state index contributed by atoms with van der Waals surface area (Å²) in [5.74, 6) is -0.463. The van der Waals surface area contributed by atoms with Crippen LogP contribution in [0.3, 0.4) is 0 Å². The maximum atomic E-state index is 12.6. The van der Waals surface area contributed by atoms with Crippen molar-refractivity contribution in [2.75, 3.05) is 19.9 Å². The van der Waals surface area contributed by atoms with Gasteiger partial charge in [0.15, 0.2) is 0 Å². The average Bonchev–Trinajstić information content (AvgIpc) is 2.94. The zero-order valence-electron chi connectivity index (χ0n) is 16.1. The van der Waals surface area contributed by atoms with Crippen LogP contribution in [0.5, 0.6) is 0 Å². The largest absolute Gasteiger partial charge is 0.465 e. The first-order chi connectivity index (χ1) is 12.4. The molecule has 1 aliphatic heterocycles. The van der Waals surface area contributed by atoms with Crippen LogP contribution in [0.1, 0.15) is 49.2 Å². The number of carbonyl (C=O) groups excluding carboxylic acids is 2. The number of rotatable bonds is 4. The molecule has 150 valence electrons. The highest BCUT2D eigenvalue weighted by atomic mass is 32.2. The molecule has 27 heavy (non-hydrogen) atoms. The number of likely N-dealkylation sites (tertiary alicyclic amines) is 1. The molecule has 0 spiro atoms. The number of amides is 1. The molecule has 2 rings (SSSR count). The first kappa shape index (κ1) is 21.2. The van der Waals surface area contributed by atoms with Crippen LogP contribution in [-0.4, -0.2) is 57.0 Å². The second-order valence-corrected chi connectivity index (χ2v) is 9.02. The molecule has 1 amide bonds.